The van der Waals surface area contributed by atoms with Crippen LogP contribution in [0.3, 0.4) is 0 Å². The predicted octanol–water partition coefficient (Wildman–Crippen LogP) is -0.421. The minimum atomic E-state index is -1.02. The molecule has 0 atom stereocenters. The van der Waals surface area contributed by atoms with Crippen LogP contribution in [0.15, 0.2) is 0 Å². The van der Waals surface area contributed by atoms with E-state index in [0.717, 1.165) is 0 Å². The van der Waals surface area contributed by atoms with Crippen LogP contribution < -0.4 is 0 Å². The summed E-state index contributed by atoms with van der Waals surface area (Å²) in [5.41, 5.74) is 0. The number of rotatable bonds is 8. The van der Waals surface area contributed by atoms with Crippen molar-refractivity contribution in [2.75, 3.05) is 26.4 Å². The second-order valence-electron chi connectivity index (χ2n) is 2.25. The van der Waals surface area contributed by atoms with E-state index in [1.165, 1.54) is 0 Å². The van der Waals surface area contributed by atoms with Crippen LogP contribution in [0.1, 0.15) is 6.42 Å². The molecule has 0 fully saturated rings. The van der Waals surface area contributed by atoms with Crippen LogP contribution in [0.5, 0.6) is 0 Å². The van der Waals surface area contributed by atoms with E-state index in [9.17, 15) is 9.59 Å². The van der Waals surface area contributed by atoms with Gasteiger partial charge in [0.1, 0.15) is 13.2 Å². The zero-order valence-electron chi connectivity index (χ0n) is 7.06. The third-order valence-electron chi connectivity index (χ3n) is 1.03. The first-order valence-electron chi connectivity index (χ1n) is 3.72. The van der Waals surface area contributed by atoms with Crippen LogP contribution in [0.4, 0.5) is 0 Å². The van der Waals surface area contributed by atoms with E-state index in [1.807, 2.05) is 0 Å². The van der Waals surface area contributed by atoms with Gasteiger partial charge in [-0.15, -0.1) is 0 Å². The molecule has 0 amide bonds. The molecular formula is C7H12O6. The van der Waals surface area contributed by atoms with Crippen molar-refractivity contribution in [2.45, 2.75) is 6.42 Å². The van der Waals surface area contributed by atoms with Crippen LogP contribution in [0.2, 0.25) is 0 Å². The van der Waals surface area contributed by atoms with E-state index in [-0.39, 0.29) is 26.4 Å². The lowest BCUT2D eigenvalue weighted by Crippen LogP contribution is -2.11. The van der Waals surface area contributed by atoms with Crippen molar-refractivity contribution in [3.05, 3.63) is 0 Å². The van der Waals surface area contributed by atoms with Gasteiger partial charge in [-0.3, -0.25) is 0 Å². The molecule has 0 aromatic rings. The van der Waals surface area contributed by atoms with Gasteiger partial charge in [0.25, 0.3) is 0 Å². The van der Waals surface area contributed by atoms with Crippen molar-refractivity contribution < 1.29 is 29.3 Å². The van der Waals surface area contributed by atoms with E-state index >= 15 is 0 Å². The molecule has 0 aliphatic heterocycles. The fourth-order valence-corrected chi connectivity index (χ4v) is 0.582. The summed E-state index contributed by atoms with van der Waals surface area (Å²) in [5.74, 6) is -2.04. The number of carbonyl (C=O) groups is 2. The maximum Gasteiger partial charge on any atom is 0.329 e. The van der Waals surface area contributed by atoms with E-state index in [2.05, 4.69) is 9.47 Å². The quantitative estimate of drug-likeness (QED) is 0.507. The summed E-state index contributed by atoms with van der Waals surface area (Å²) in [6.45, 7) is -0.157. The molecule has 0 saturated carbocycles. The second kappa shape index (κ2) is 7.51. The van der Waals surface area contributed by atoms with E-state index in [1.54, 1.807) is 0 Å². The molecule has 0 aromatic heterocycles. The van der Waals surface area contributed by atoms with E-state index in [0.29, 0.717) is 6.42 Å². The van der Waals surface area contributed by atoms with Crippen molar-refractivity contribution in [3.8, 4) is 0 Å². The number of aliphatic carboxylic acids is 2. The van der Waals surface area contributed by atoms with Gasteiger partial charge < -0.3 is 19.7 Å². The molecular weight excluding hydrogens is 180 g/mol. The molecule has 0 aliphatic carbocycles. The third-order valence-corrected chi connectivity index (χ3v) is 1.03. The van der Waals surface area contributed by atoms with Crippen LogP contribution >= 0.6 is 0 Å². The Morgan fingerprint density at radius 3 is 1.62 bits per heavy atom. The SMILES string of the molecule is O=C(O)COCCCOCC(=O)O. The Balaban J connectivity index is 3.00. The molecule has 0 radical (unpaired) electrons. The van der Waals surface area contributed by atoms with Crippen molar-refractivity contribution in [3.63, 3.8) is 0 Å². The summed E-state index contributed by atoms with van der Waals surface area (Å²) in [6, 6.07) is 0. The topological polar surface area (TPSA) is 93.1 Å². The highest BCUT2D eigenvalue weighted by Gasteiger charge is 1.97. The summed E-state index contributed by atoms with van der Waals surface area (Å²) in [4.78, 5) is 19.9. The van der Waals surface area contributed by atoms with E-state index < -0.39 is 11.9 Å². The predicted molar refractivity (Wildman–Crippen MR) is 41.5 cm³/mol. The highest BCUT2D eigenvalue weighted by atomic mass is 16.5. The zero-order valence-corrected chi connectivity index (χ0v) is 7.06. The van der Waals surface area contributed by atoms with Crippen molar-refractivity contribution in [2.24, 2.45) is 0 Å². The number of hydrogen-bond donors (Lipinski definition) is 2. The Kier molecular flexibility index (Phi) is 6.85. The van der Waals surface area contributed by atoms with Gasteiger partial charge in [-0.2, -0.15) is 0 Å². The van der Waals surface area contributed by atoms with Gasteiger partial charge in [0, 0.05) is 13.2 Å². The molecule has 76 valence electrons. The van der Waals surface area contributed by atoms with Gasteiger partial charge in [-0.25, -0.2) is 9.59 Å². The Labute approximate surface area is 75.1 Å². The summed E-state index contributed by atoms with van der Waals surface area (Å²) in [5, 5.41) is 16.3. The molecule has 0 aliphatic rings. The van der Waals surface area contributed by atoms with Crippen molar-refractivity contribution in [1.82, 2.24) is 0 Å². The fourth-order valence-electron chi connectivity index (χ4n) is 0.582. The van der Waals surface area contributed by atoms with Gasteiger partial charge in [0.05, 0.1) is 0 Å². The maximum atomic E-state index is 9.94. The summed E-state index contributed by atoms with van der Waals surface area (Å²) in [6.07, 6.45) is 0.487. The lowest BCUT2D eigenvalue weighted by Gasteiger charge is -2.01. The monoisotopic (exact) mass is 192 g/mol. The molecule has 0 aromatic carbocycles. The van der Waals surface area contributed by atoms with E-state index in [4.69, 9.17) is 10.2 Å². The highest BCUT2D eigenvalue weighted by Crippen LogP contribution is 1.85. The average molecular weight is 192 g/mol. The molecule has 0 heterocycles. The van der Waals surface area contributed by atoms with Gasteiger partial charge in [0.15, 0.2) is 0 Å². The minimum absolute atomic E-state index is 0.256. The molecule has 2 N–H and O–H groups in total. The van der Waals surface area contributed by atoms with Gasteiger partial charge >= 0.3 is 11.9 Å². The number of carboxylic acid groups (broad SMARTS) is 2. The van der Waals surface area contributed by atoms with Gasteiger partial charge in [-0.05, 0) is 6.42 Å². The van der Waals surface area contributed by atoms with Crippen LogP contribution in [0, 0.1) is 0 Å². The van der Waals surface area contributed by atoms with Crippen LogP contribution in [-0.4, -0.2) is 48.6 Å². The standard InChI is InChI=1S/C7H12O6/c8-6(9)4-12-2-1-3-13-5-7(10)11/h1-5H2,(H,8,9)(H,10,11). The molecule has 6 nitrogen and oxygen atoms in total. The van der Waals surface area contributed by atoms with Crippen LogP contribution in [-0.2, 0) is 19.1 Å². The Bertz CT molecular complexity index is 148. The number of ether oxygens (including phenoxy) is 2. The number of carboxylic acids is 2. The lowest BCUT2D eigenvalue weighted by molar-refractivity contribution is -0.142. The van der Waals surface area contributed by atoms with Crippen LogP contribution in [0.25, 0.3) is 0 Å². The van der Waals surface area contributed by atoms with Gasteiger partial charge in [0.2, 0.25) is 0 Å². The van der Waals surface area contributed by atoms with Crippen molar-refractivity contribution >= 4 is 11.9 Å². The molecule has 13 heavy (non-hydrogen) atoms. The zero-order chi connectivity index (χ0) is 10.1. The maximum absolute atomic E-state index is 9.94. The Hall–Kier alpha value is -1.14. The fraction of sp³-hybridized carbons (Fsp3) is 0.714. The highest BCUT2D eigenvalue weighted by molar-refractivity contribution is 5.68. The lowest BCUT2D eigenvalue weighted by atomic mass is 10.5. The Morgan fingerprint density at radius 2 is 1.31 bits per heavy atom. The number of hydrogen-bond acceptors (Lipinski definition) is 4. The van der Waals surface area contributed by atoms with Gasteiger partial charge in [-0.1, -0.05) is 0 Å². The molecule has 0 rings (SSSR count). The minimum Gasteiger partial charge on any atom is -0.480 e. The Morgan fingerprint density at radius 1 is 0.923 bits per heavy atom. The summed E-state index contributed by atoms with van der Waals surface area (Å²) in [7, 11) is 0. The molecule has 0 unspecified atom stereocenters. The molecule has 0 spiro atoms. The third kappa shape index (κ3) is 10.9. The summed E-state index contributed by atoms with van der Waals surface area (Å²) >= 11 is 0. The molecule has 0 saturated heterocycles. The first-order valence-corrected chi connectivity index (χ1v) is 3.72. The average Bonchev–Trinajstić information content (AvgIpc) is 2.01. The van der Waals surface area contributed by atoms with Crippen molar-refractivity contribution in [1.29, 1.82) is 0 Å². The second-order valence-corrected chi connectivity index (χ2v) is 2.25. The first kappa shape index (κ1) is 11.9. The molecule has 0 bridgehead atoms. The normalized spacial score (nSPS) is 9.85. The molecule has 6 heteroatoms. The largest absolute Gasteiger partial charge is 0.480 e. The summed E-state index contributed by atoms with van der Waals surface area (Å²) < 4.78 is 9.35. The smallest absolute Gasteiger partial charge is 0.329 e. The first-order chi connectivity index (χ1) is 6.13.